The highest BCUT2D eigenvalue weighted by molar-refractivity contribution is 9.10. The molecule has 0 spiro atoms. The van der Waals surface area contributed by atoms with Gasteiger partial charge in [-0.05, 0) is 18.2 Å². The van der Waals surface area contributed by atoms with Crippen LogP contribution in [0.2, 0.25) is 0 Å². The summed E-state index contributed by atoms with van der Waals surface area (Å²) in [5.74, 6) is -1.06. The molecule has 0 amide bonds. The Morgan fingerprint density at radius 3 is 2.88 bits per heavy atom. The van der Waals surface area contributed by atoms with Gasteiger partial charge in [-0.1, -0.05) is 15.9 Å². The second-order valence-electron chi connectivity index (χ2n) is 3.43. The minimum Gasteiger partial charge on any atom is -0.481 e. The van der Waals surface area contributed by atoms with Crippen LogP contribution >= 0.6 is 15.9 Å². The molecule has 1 aromatic carbocycles. The van der Waals surface area contributed by atoms with E-state index in [4.69, 9.17) is 10.4 Å². The lowest BCUT2D eigenvalue weighted by molar-refractivity contribution is -0.138. The number of carboxylic acids is 1. The van der Waals surface area contributed by atoms with E-state index in [0.29, 0.717) is 11.3 Å². The molecule has 3 N–H and O–H groups in total. The van der Waals surface area contributed by atoms with Gasteiger partial charge in [-0.25, -0.2) is 0 Å². The summed E-state index contributed by atoms with van der Waals surface area (Å²) in [6, 6.07) is 7.07. The molecule has 0 radical (unpaired) electrons. The number of hydrogen-bond acceptors (Lipinski definition) is 4. The molecule has 0 heterocycles. The number of hydrogen-bond donors (Lipinski definition) is 3. The summed E-state index contributed by atoms with van der Waals surface area (Å²) in [6.07, 6.45) is -1.32. The molecule has 90 valence electrons. The third kappa shape index (κ3) is 4.43. The van der Waals surface area contributed by atoms with Gasteiger partial charge in [0.1, 0.15) is 6.07 Å². The van der Waals surface area contributed by atoms with Gasteiger partial charge in [0.25, 0.3) is 0 Å². The number of aliphatic carboxylic acids is 1. The second kappa shape index (κ2) is 6.23. The maximum Gasteiger partial charge on any atom is 0.306 e. The minimum absolute atomic E-state index is 0.0808. The van der Waals surface area contributed by atoms with Gasteiger partial charge in [-0.2, -0.15) is 5.26 Å². The van der Waals surface area contributed by atoms with Gasteiger partial charge in [0.15, 0.2) is 0 Å². The van der Waals surface area contributed by atoms with Crippen LogP contribution in [0.4, 0.5) is 5.69 Å². The number of carboxylic acid groups (broad SMARTS) is 1. The lowest BCUT2D eigenvalue weighted by Gasteiger charge is -2.12. The van der Waals surface area contributed by atoms with Crippen molar-refractivity contribution in [3.8, 4) is 6.07 Å². The topological polar surface area (TPSA) is 93.4 Å². The highest BCUT2D eigenvalue weighted by Crippen LogP contribution is 2.20. The van der Waals surface area contributed by atoms with Gasteiger partial charge in [0, 0.05) is 11.0 Å². The first kappa shape index (κ1) is 13.5. The summed E-state index contributed by atoms with van der Waals surface area (Å²) in [4.78, 5) is 10.4. The Hall–Kier alpha value is -1.58. The zero-order valence-electron chi connectivity index (χ0n) is 8.85. The molecule has 0 saturated carbocycles. The molecule has 1 unspecified atom stereocenters. The molecule has 0 aromatic heterocycles. The fourth-order valence-corrected chi connectivity index (χ4v) is 1.62. The van der Waals surface area contributed by atoms with E-state index >= 15 is 0 Å². The summed E-state index contributed by atoms with van der Waals surface area (Å²) in [6.45, 7) is 0.0808. The Morgan fingerprint density at radius 1 is 1.59 bits per heavy atom. The van der Waals surface area contributed by atoms with Crippen molar-refractivity contribution < 1.29 is 15.0 Å². The zero-order valence-corrected chi connectivity index (χ0v) is 10.4. The fourth-order valence-electron chi connectivity index (χ4n) is 1.26. The Balaban J connectivity index is 2.66. The molecule has 1 atom stereocenters. The quantitative estimate of drug-likeness (QED) is 0.767. The first-order valence-electron chi connectivity index (χ1n) is 4.86. The molecule has 17 heavy (non-hydrogen) atoms. The summed E-state index contributed by atoms with van der Waals surface area (Å²) in [7, 11) is 0. The van der Waals surface area contributed by atoms with Crippen LogP contribution in [0.3, 0.4) is 0 Å². The molecular weight excluding hydrogens is 288 g/mol. The Bertz CT molecular complexity index is 457. The van der Waals surface area contributed by atoms with Crippen LogP contribution in [0.25, 0.3) is 0 Å². The molecule has 0 bridgehead atoms. The molecule has 0 aliphatic rings. The van der Waals surface area contributed by atoms with E-state index in [-0.39, 0.29) is 13.0 Å². The van der Waals surface area contributed by atoms with Gasteiger partial charge in [-0.3, -0.25) is 4.79 Å². The maximum atomic E-state index is 10.4. The predicted molar refractivity (Wildman–Crippen MR) is 65.6 cm³/mol. The van der Waals surface area contributed by atoms with Crippen molar-refractivity contribution >= 4 is 27.6 Å². The predicted octanol–water partition coefficient (Wildman–Crippen LogP) is 1.57. The van der Waals surface area contributed by atoms with Crippen LogP contribution in [0.5, 0.6) is 0 Å². The number of nitrogens with zero attached hydrogens (tertiary/aromatic N) is 1. The molecule has 0 saturated heterocycles. The molecule has 1 aromatic rings. The van der Waals surface area contributed by atoms with Crippen molar-refractivity contribution in [1.82, 2.24) is 0 Å². The lowest BCUT2D eigenvalue weighted by atomic mass is 10.2. The summed E-state index contributed by atoms with van der Waals surface area (Å²) in [5, 5.41) is 29.6. The first-order valence-corrected chi connectivity index (χ1v) is 5.65. The number of anilines is 1. The highest BCUT2D eigenvalue weighted by atomic mass is 79.9. The van der Waals surface area contributed by atoms with Crippen molar-refractivity contribution in [2.75, 3.05) is 11.9 Å². The molecule has 6 heteroatoms. The van der Waals surface area contributed by atoms with Crippen LogP contribution in [0.15, 0.2) is 22.7 Å². The molecule has 0 aliphatic heterocycles. The van der Waals surface area contributed by atoms with Crippen molar-refractivity contribution in [2.45, 2.75) is 12.5 Å². The van der Waals surface area contributed by atoms with E-state index in [2.05, 4.69) is 21.2 Å². The third-order valence-corrected chi connectivity index (χ3v) is 2.53. The Kier molecular flexibility index (Phi) is 4.94. The second-order valence-corrected chi connectivity index (χ2v) is 4.35. The smallest absolute Gasteiger partial charge is 0.306 e. The number of nitrogens with one attached hydrogen (secondary N) is 1. The number of benzene rings is 1. The van der Waals surface area contributed by atoms with Crippen LogP contribution < -0.4 is 5.32 Å². The number of carbonyl (C=O) groups is 1. The van der Waals surface area contributed by atoms with E-state index in [1.54, 1.807) is 18.2 Å². The number of rotatable bonds is 5. The standard InChI is InChI=1S/C11H11BrN2O3/c12-8-2-1-7(5-13)10(3-8)14-6-9(15)4-11(16)17/h1-3,9,14-15H,4,6H2,(H,16,17). The van der Waals surface area contributed by atoms with Crippen LogP contribution in [0, 0.1) is 11.3 Å². The number of halogens is 1. The van der Waals surface area contributed by atoms with Crippen molar-refractivity contribution in [3.63, 3.8) is 0 Å². The minimum atomic E-state index is -1.06. The largest absolute Gasteiger partial charge is 0.481 e. The van der Waals surface area contributed by atoms with E-state index in [0.717, 1.165) is 4.47 Å². The maximum absolute atomic E-state index is 10.4. The van der Waals surface area contributed by atoms with Crippen molar-refractivity contribution in [2.24, 2.45) is 0 Å². The number of aliphatic hydroxyl groups excluding tert-OH is 1. The van der Waals surface area contributed by atoms with Crippen molar-refractivity contribution in [3.05, 3.63) is 28.2 Å². The normalized spacial score (nSPS) is 11.6. The lowest BCUT2D eigenvalue weighted by Crippen LogP contribution is -2.22. The SMILES string of the molecule is N#Cc1ccc(Br)cc1NCC(O)CC(=O)O. The monoisotopic (exact) mass is 298 g/mol. The van der Waals surface area contributed by atoms with Crippen LogP contribution in [0.1, 0.15) is 12.0 Å². The zero-order chi connectivity index (χ0) is 12.8. The van der Waals surface area contributed by atoms with Gasteiger partial charge in [0.2, 0.25) is 0 Å². The van der Waals surface area contributed by atoms with E-state index in [1.165, 1.54) is 0 Å². The molecule has 0 fully saturated rings. The Labute approximate surface area is 107 Å². The van der Waals surface area contributed by atoms with Crippen LogP contribution in [-0.4, -0.2) is 28.8 Å². The molecule has 5 nitrogen and oxygen atoms in total. The van der Waals surface area contributed by atoms with E-state index < -0.39 is 12.1 Å². The van der Waals surface area contributed by atoms with Crippen LogP contribution in [-0.2, 0) is 4.79 Å². The van der Waals surface area contributed by atoms with E-state index in [9.17, 15) is 9.90 Å². The van der Waals surface area contributed by atoms with Gasteiger partial charge in [-0.15, -0.1) is 0 Å². The van der Waals surface area contributed by atoms with E-state index in [1.807, 2.05) is 6.07 Å². The molecule has 0 aliphatic carbocycles. The molecule has 1 rings (SSSR count). The highest BCUT2D eigenvalue weighted by Gasteiger charge is 2.10. The summed E-state index contributed by atoms with van der Waals surface area (Å²) < 4.78 is 0.798. The summed E-state index contributed by atoms with van der Waals surface area (Å²) >= 11 is 3.27. The molecular formula is C11H11BrN2O3. The summed E-state index contributed by atoms with van der Waals surface area (Å²) in [5.41, 5.74) is 1.00. The number of aliphatic hydroxyl groups is 1. The van der Waals surface area contributed by atoms with Gasteiger partial charge in [0.05, 0.1) is 23.8 Å². The number of nitriles is 1. The first-order chi connectivity index (χ1) is 8.02. The van der Waals surface area contributed by atoms with Crippen molar-refractivity contribution in [1.29, 1.82) is 5.26 Å². The average molecular weight is 299 g/mol. The average Bonchev–Trinajstić information content (AvgIpc) is 2.25. The third-order valence-electron chi connectivity index (χ3n) is 2.04. The van der Waals surface area contributed by atoms with Gasteiger partial charge < -0.3 is 15.5 Å². The van der Waals surface area contributed by atoms with Gasteiger partial charge >= 0.3 is 5.97 Å². The fraction of sp³-hybridized carbons (Fsp3) is 0.273. The Morgan fingerprint density at radius 2 is 2.29 bits per heavy atom.